The minimum Gasteiger partial charge on any atom is -0.380 e. The summed E-state index contributed by atoms with van der Waals surface area (Å²) < 4.78 is 0. The Morgan fingerprint density at radius 1 is 0.909 bits per heavy atom. The lowest BCUT2D eigenvalue weighted by atomic mass is 9.81. The van der Waals surface area contributed by atoms with Crippen LogP contribution in [0, 0.1) is 0 Å². The number of hydrogen-bond acceptors (Lipinski definition) is 2. The molecule has 0 saturated carbocycles. The molecule has 22 heavy (non-hydrogen) atoms. The minimum absolute atomic E-state index is 0.485. The first-order valence-electron chi connectivity index (χ1n) is 8.07. The third kappa shape index (κ3) is 3.76. The number of rotatable bonds is 7. The molecular formula is C20H27NO. The second-order valence-corrected chi connectivity index (χ2v) is 6.16. The average molecular weight is 297 g/mol. The van der Waals surface area contributed by atoms with E-state index < -0.39 is 5.60 Å². The number of hydrogen-bond donors (Lipinski definition) is 1. The molecule has 0 bridgehead atoms. The Labute approximate surface area is 134 Å². The highest BCUT2D eigenvalue weighted by atomic mass is 16.3. The maximum Gasteiger partial charge on any atom is 0.115 e. The number of benzene rings is 2. The van der Waals surface area contributed by atoms with Gasteiger partial charge < -0.3 is 10.0 Å². The van der Waals surface area contributed by atoms with E-state index in [1.165, 1.54) is 0 Å². The molecule has 0 aromatic heterocycles. The summed E-state index contributed by atoms with van der Waals surface area (Å²) in [6.07, 6.45) is 2.77. The van der Waals surface area contributed by atoms with Crippen LogP contribution >= 0.6 is 0 Å². The molecule has 0 amide bonds. The van der Waals surface area contributed by atoms with Crippen molar-refractivity contribution in [2.45, 2.75) is 37.8 Å². The van der Waals surface area contributed by atoms with E-state index in [0.717, 1.165) is 30.4 Å². The first-order chi connectivity index (χ1) is 10.6. The van der Waals surface area contributed by atoms with Gasteiger partial charge in [0.15, 0.2) is 0 Å². The minimum atomic E-state index is -0.925. The van der Waals surface area contributed by atoms with Crippen molar-refractivity contribution in [2.75, 3.05) is 14.1 Å². The van der Waals surface area contributed by atoms with E-state index in [0.29, 0.717) is 6.04 Å². The Morgan fingerprint density at radius 3 is 1.73 bits per heavy atom. The standard InChI is InChI=1S/C20H27NO/c1-4-19(21(2)3)15-16-20(22,17-11-7-5-8-12-17)18-13-9-6-10-14-18/h5-14,19,22H,4,15-16H2,1-3H3. The van der Waals surface area contributed by atoms with Crippen LogP contribution in [0.2, 0.25) is 0 Å². The molecule has 1 N–H and O–H groups in total. The van der Waals surface area contributed by atoms with Gasteiger partial charge in [-0.05, 0) is 44.5 Å². The van der Waals surface area contributed by atoms with Crippen LogP contribution < -0.4 is 0 Å². The predicted octanol–water partition coefficient (Wildman–Crippen LogP) is 4.04. The molecule has 0 aliphatic carbocycles. The molecule has 0 aliphatic heterocycles. The fourth-order valence-corrected chi connectivity index (χ4v) is 3.09. The summed E-state index contributed by atoms with van der Waals surface area (Å²) in [6.45, 7) is 2.20. The van der Waals surface area contributed by atoms with E-state index in [4.69, 9.17) is 0 Å². The molecule has 0 fully saturated rings. The third-order valence-electron chi connectivity index (χ3n) is 4.54. The molecule has 0 aliphatic rings. The molecule has 2 heteroatoms. The Bertz CT molecular complexity index is 511. The van der Waals surface area contributed by atoms with Crippen molar-refractivity contribution in [1.82, 2.24) is 4.90 Å². The summed E-state index contributed by atoms with van der Waals surface area (Å²) in [4.78, 5) is 2.25. The largest absolute Gasteiger partial charge is 0.380 e. The van der Waals surface area contributed by atoms with Gasteiger partial charge >= 0.3 is 0 Å². The van der Waals surface area contributed by atoms with Gasteiger partial charge in [-0.2, -0.15) is 0 Å². The van der Waals surface area contributed by atoms with E-state index in [9.17, 15) is 5.11 Å². The zero-order chi connectivity index (χ0) is 16.0. The van der Waals surface area contributed by atoms with Crippen LogP contribution in [-0.2, 0) is 5.60 Å². The highest BCUT2D eigenvalue weighted by molar-refractivity contribution is 5.35. The van der Waals surface area contributed by atoms with E-state index >= 15 is 0 Å². The van der Waals surface area contributed by atoms with Crippen molar-refractivity contribution < 1.29 is 5.11 Å². The van der Waals surface area contributed by atoms with Crippen LogP contribution in [0.25, 0.3) is 0 Å². The monoisotopic (exact) mass is 297 g/mol. The van der Waals surface area contributed by atoms with Crippen LogP contribution in [0.4, 0.5) is 0 Å². The summed E-state index contributed by atoms with van der Waals surface area (Å²) in [5.74, 6) is 0. The fraction of sp³-hybridized carbons (Fsp3) is 0.400. The Kier molecular flexibility index (Phi) is 5.76. The van der Waals surface area contributed by atoms with Crippen molar-refractivity contribution in [3.63, 3.8) is 0 Å². The maximum atomic E-state index is 11.5. The number of aliphatic hydroxyl groups is 1. The lowest BCUT2D eigenvalue weighted by Gasteiger charge is -2.32. The first-order valence-corrected chi connectivity index (χ1v) is 8.07. The zero-order valence-electron chi connectivity index (χ0n) is 13.9. The smallest absolute Gasteiger partial charge is 0.115 e. The molecular weight excluding hydrogens is 270 g/mol. The van der Waals surface area contributed by atoms with Gasteiger partial charge in [-0.3, -0.25) is 0 Å². The predicted molar refractivity (Wildman–Crippen MR) is 92.9 cm³/mol. The topological polar surface area (TPSA) is 23.5 Å². The molecule has 118 valence electrons. The molecule has 0 heterocycles. The highest BCUT2D eigenvalue weighted by Crippen LogP contribution is 2.35. The second kappa shape index (κ2) is 7.57. The van der Waals surface area contributed by atoms with Crippen molar-refractivity contribution in [1.29, 1.82) is 0 Å². The Hall–Kier alpha value is -1.64. The Morgan fingerprint density at radius 2 is 1.36 bits per heavy atom. The summed E-state index contributed by atoms with van der Waals surface area (Å²) >= 11 is 0. The normalized spacial score (nSPS) is 13.3. The fourth-order valence-electron chi connectivity index (χ4n) is 3.09. The van der Waals surface area contributed by atoms with Crippen molar-refractivity contribution in [2.24, 2.45) is 0 Å². The molecule has 0 radical (unpaired) electrons. The van der Waals surface area contributed by atoms with Gasteiger partial charge in [-0.1, -0.05) is 67.6 Å². The van der Waals surface area contributed by atoms with E-state index in [1.54, 1.807) is 0 Å². The van der Waals surface area contributed by atoms with Gasteiger partial charge in [0, 0.05) is 6.04 Å². The third-order valence-corrected chi connectivity index (χ3v) is 4.54. The van der Waals surface area contributed by atoms with Crippen LogP contribution in [0.5, 0.6) is 0 Å². The molecule has 2 aromatic rings. The quantitative estimate of drug-likeness (QED) is 0.833. The second-order valence-electron chi connectivity index (χ2n) is 6.16. The molecule has 1 atom stereocenters. The van der Waals surface area contributed by atoms with Gasteiger partial charge in [0.25, 0.3) is 0 Å². The van der Waals surface area contributed by atoms with Gasteiger partial charge in [-0.25, -0.2) is 0 Å². The van der Waals surface area contributed by atoms with Crippen LogP contribution in [0.3, 0.4) is 0 Å². The molecule has 0 saturated heterocycles. The average Bonchev–Trinajstić information content (AvgIpc) is 2.56. The van der Waals surface area contributed by atoms with Crippen molar-refractivity contribution in [3.05, 3.63) is 71.8 Å². The lowest BCUT2D eigenvalue weighted by molar-refractivity contribution is 0.0597. The van der Waals surface area contributed by atoms with Crippen LogP contribution in [0.15, 0.2) is 60.7 Å². The van der Waals surface area contributed by atoms with Gasteiger partial charge in [0.1, 0.15) is 5.60 Å². The SMILES string of the molecule is CCC(CCC(O)(c1ccccc1)c1ccccc1)N(C)C. The van der Waals surface area contributed by atoms with Crippen LogP contribution in [0.1, 0.15) is 37.3 Å². The van der Waals surface area contributed by atoms with Gasteiger partial charge in [0.05, 0.1) is 0 Å². The molecule has 2 rings (SSSR count). The lowest BCUT2D eigenvalue weighted by Crippen LogP contribution is -2.33. The van der Waals surface area contributed by atoms with Crippen molar-refractivity contribution in [3.8, 4) is 0 Å². The molecule has 2 aromatic carbocycles. The molecule has 0 spiro atoms. The summed E-state index contributed by atoms with van der Waals surface area (Å²) in [5.41, 5.74) is 1.01. The number of nitrogens with zero attached hydrogens (tertiary/aromatic N) is 1. The summed E-state index contributed by atoms with van der Waals surface area (Å²) in [7, 11) is 4.22. The van der Waals surface area contributed by atoms with E-state index in [-0.39, 0.29) is 0 Å². The van der Waals surface area contributed by atoms with E-state index in [2.05, 4.69) is 25.9 Å². The summed E-state index contributed by atoms with van der Waals surface area (Å²) in [6, 6.07) is 20.5. The summed E-state index contributed by atoms with van der Waals surface area (Å²) in [5, 5.41) is 11.5. The zero-order valence-corrected chi connectivity index (χ0v) is 13.9. The van der Waals surface area contributed by atoms with Crippen molar-refractivity contribution >= 4 is 0 Å². The Balaban J connectivity index is 2.31. The molecule has 2 nitrogen and oxygen atoms in total. The highest BCUT2D eigenvalue weighted by Gasteiger charge is 2.31. The molecule has 1 unspecified atom stereocenters. The van der Waals surface area contributed by atoms with Gasteiger partial charge in [-0.15, -0.1) is 0 Å². The van der Waals surface area contributed by atoms with E-state index in [1.807, 2.05) is 60.7 Å². The van der Waals surface area contributed by atoms with Gasteiger partial charge in [0.2, 0.25) is 0 Å². The van der Waals surface area contributed by atoms with Crippen LogP contribution in [-0.4, -0.2) is 30.1 Å². The first kappa shape index (κ1) is 16.7. The maximum absolute atomic E-state index is 11.5.